The summed E-state index contributed by atoms with van der Waals surface area (Å²) in [6.45, 7) is 4.87. The van der Waals surface area contributed by atoms with Crippen molar-refractivity contribution in [2.45, 2.75) is 32.9 Å². The summed E-state index contributed by atoms with van der Waals surface area (Å²) in [6, 6.07) is 7.23. The van der Waals surface area contributed by atoms with Crippen LogP contribution in [0, 0.1) is 15.9 Å². The first kappa shape index (κ1) is 26.5. The second kappa shape index (κ2) is 10.5. The van der Waals surface area contributed by atoms with Gasteiger partial charge in [0.1, 0.15) is 30.0 Å². The average Bonchev–Trinajstić information content (AvgIpc) is 3.16. The fourth-order valence-corrected chi connectivity index (χ4v) is 3.63. The van der Waals surface area contributed by atoms with Gasteiger partial charge in [0.05, 0.1) is 39.8 Å². The highest BCUT2D eigenvalue weighted by atomic mass is 35.5. The maximum atomic E-state index is 14.4. The van der Waals surface area contributed by atoms with Crippen molar-refractivity contribution in [2.75, 3.05) is 12.4 Å². The van der Waals surface area contributed by atoms with E-state index < -0.39 is 22.3 Å². The Morgan fingerprint density at radius 1 is 1.24 bits per heavy atom. The quantitative estimate of drug-likeness (QED) is 0.173. The van der Waals surface area contributed by atoms with E-state index in [1.54, 1.807) is 26.8 Å². The zero-order chi connectivity index (χ0) is 27.6. The number of ether oxygens (including phenoxy) is 3. The molecule has 0 spiro atoms. The molecule has 2 aromatic heterocycles. The van der Waals surface area contributed by atoms with Crippen LogP contribution in [-0.2, 0) is 16.1 Å². The molecule has 0 aliphatic rings. The van der Waals surface area contributed by atoms with Crippen molar-refractivity contribution < 1.29 is 28.3 Å². The van der Waals surface area contributed by atoms with Gasteiger partial charge in [0.25, 0.3) is 5.88 Å². The lowest BCUT2D eigenvalue weighted by Crippen LogP contribution is -2.26. The largest absolute Gasteiger partial charge is 0.490 e. The minimum absolute atomic E-state index is 0.0625. The molecule has 0 fully saturated rings. The highest BCUT2D eigenvalue weighted by Gasteiger charge is 2.20. The van der Waals surface area contributed by atoms with E-state index in [2.05, 4.69) is 20.4 Å². The van der Waals surface area contributed by atoms with Crippen molar-refractivity contribution >= 4 is 45.7 Å². The van der Waals surface area contributed by atoms with Gasteiger partial charge in [-0.15, -0.1) is 5.10 Å². The number of rotatable bonds is 8. The molecule has 198 valence electrons. The Kier molecular flexibility index (Phi) is 7.30. The van der Waals surface area contributed by atoms with Crippen molar-refractivity contribution in [3.05, 3.63) is 63.8 Å². The SMILES string of the molecule is COc1cc2ncnc(Nc3ccc(Oc4nn(CC(=O)OC(C)(C)C)cc4F)cc3Cl)c2cc1[N+](=O)[O-]. The van der Waals surface area contributed by atoms with Crippen LogP contribution >= 0.6 is 11.6 Å². The Morgan fingerprint density at radius 2 is 2.00 bits per heavy atom. The van der Waals surface area contributed by atoms with Crippen LogP contribution < -0.4 is 14.8 Å². The van der Waals surface area contributed by atoms with Gasteiger partial charge in [0.2, 0.25) is 5.82 Å². The molecule has 1 N–H and O–H groups in total. The van der Waals surface area contributed by atoms with E-state index in [0.717, 1.165) is 10.9 Å². The highest BCUT2D eigenvalue weighted by molar-refractivity contribution is 6.33. The lowest BCUT2D eigenvalue weighted by Gasteiger charge is -2.19. The molecule has 0 saturated carbocycles. The van der Waals surface area contributed by atoms with E-state index in [1.807, 2.05) is 0 Å². The summed E-state index contributed by atoms with van der Waals surface area (Å²) in [5, 5.41) is 19.0. The first-order valence-electron chi connectivity index (χ1n) is 11.1. The van der Waals surface area contributed by atoms with Gasteiger partial charge >= 0.3 is 11.7 Å². The Hall–Kier alpha value is -4.52. The Bertz CT molecular complexity index is 1540. The maximum absolute atomic E-state index is 14.4. The molecule has 0 aliphatic heterocycles. The van der Waals surface area contributed by atoms with Gasteiger partial charge in [0, 0.05) is 18.2 Å². The normalized spacial score (nSPS) is 11.3. The van der Waals surface area contributed by atoms with E-state index >= 15 is 0 Å². The van der Waals surface area contributed by atoms with E-state index in [1.165, 1.54) is 37.7 Å². The molecule has 2 aromatic carbocycles. The smallest absolute Gasteiger partial charge is 0.328 e. The fraction of sp³-hybridized carbons (Fsp3) is 0.250. The van der Waals surface area contributed by atoms with Crippen molar-refractivity contribution in [3.8, 4) is 17.4 Å². The lowest BCUT2D eigenvalue weighted by atomic mass is 10.2. The van der Waals surface area contributed by atoms with Gasteiger partial charge in [-0.2, -0.15) is 4.39 Å². The number of hydrogen-bond acceptors (Lipinski definition) is 10. The second-order valence-corrected chi connectivity index (χ2v) is 9.36. The number of esters is 1. The molecule has 0 unspecified atom stereocenters. The number of aromatic nitrogens is 4. The molecule has 14 heteroatoms. The van der Waals surface area contributed by atoms with E-state index in [4.69, 9.17) is 25.8 Å². The van der Waals surface area contributed by atoms with E-state index in [9.17, 15) is 19.3 Å². The monoisotopic (exact) mass is 544 g/mol. The van der Waals surface area contributed by atoms with Crippen LogP contribution in [0.2, 0.25) is 5.02 Å². The van der Waals surface area contributed by atoms with Crippen LogP contribution in [0.15, 0.2) is 42.9 Å². The number of nitro groups is 1. The second-order valence-electron chi connectivity index (χ2n) is 8.96. The number of carbonyl (C=O) groups is 1. The van der Waals surface area contributed by atoms with Crippen molar-refractivity contribution in [1.82, 2.24) is 19.7 Å². The Balaban J connectivity index is 1.53. The molecule has 38 heavy (non-hydrogen) atoms. The van der Waals surface area contributed by atoms with Crippen LogP contribution in [0.4, 0.5) is 21.6 Å². The molecule has 0 atom stereocenters. The number of benzene rings is 2. The Labute approximate surface area is 220 Å². The predicted octanol–water partition coefficient (Wildman–Crippen LogP) is 5.41. The van der Waals surface area contributed by atoms with E-state index in [0.29, 0.717) is 16.6 Å². The molecule has 0 amide bonds. The standard InChI is InChI=1S/C24H22ClFN6O6/c1-24(2,3)38-21(33)11-31-10-16(26)23(30-31)37-13-5-6-17(15(25)7-13)29-22-14-8-19(32(34)35)20(36-4)9-18(14)27-12-28-22/h5-10,12H,11H2,1-4H3,(H,27,28,29). The van der Waals surface area contributed by atoms with Crippen molar-refractivity contribution in [2.24, 2.45) is 0 Å². The third-order valence-electron chi connectivity index (χ3n) is 4.94. The summed E-state index contributed by atoms with van der Waals surface area (Å²) in [6.07, 6.45) is 2.31. The van der Waals surface area contributed by atoms with Gasteiger partial charge in [0.15, 0.2) is 5.75 Å². The van der Waals surface area contributed by atoms with Crippen LogP contribution in [0.3, 0.4) is 0 Å². The summed E-state index contributed by atoms with van der Waals surface area (Å²) in [4.78, 5) is 31.2. The summed E-state index contributed by atoms with van der Waals surface area (Å²) in [7, 11) is 1.33. The zero-order valence-corrected chi connectivity index (χ0v) is 21.4. The van der Waals surface area contributed by atoms with Gasteiger partial charge in [-0.1, -0.05) is 11.6 Å². The molecular weight excluding hydrogens is 523 g/mol. The number of halogens is 2. The third-order valence-corrected chi connectivity index (χ3v) is 5.25. The third kappa shape index (κ3) is 6.06. The molecular formula is C24H22ClFN6O6. The van der Waals surface area contributed by atoms with Crippen molar-refractivity contribution in [3.63, 3.8) is 0 Å². The summed E-state index contributed by atoms with van der Waals surface area (Å²) in [5.74, 6) is -1.21. The molecule has 2 heterocycles. The number of hydrogen-bond donors (Lipinski definition) is 1. The number of methoxy groups -OCH3 is 1. The van der Waals surface area contributed by atoms with Gasteiger partial charge in [-0.3, -0.25) is 19.6 Å². The van der Waals surface area contributed by atoms with Crippen LogP contribution in [0.1, 0.15) is 20.8 Å². The molecule has 0 radical (unpaired) electrons. The minimum atomic E-state index is -0.781. The van der Waals surface area contributed by atoms with E-state index in [-0.39, 0.29) is 40.5 Å². The molecule has 0 saturated heterocycles. The summed E-state index contributed by atoms with van der Waals surface area (Å²) < 4.78 is 31.2. The highest BCUT2D eigenvalue weighted by Crippen LogP contribution is 2.36. The number of nitro benzene ring substituents is 1. The minimum Gasteiger partial charge on any atom is -0.490 e. The average molecular weight is 545 g/mol. The topological polar surface area (TPSA) is 144 Å². The predicted molar refractivity (Wildman–Crippen MR) is 136 cm³/mol. The summed E-state index contributed by atoms with van der Waals surface area (Å²) >= 11 is 6.41. The first-order valence-corrected chi connectivity index (χ1v) is 11.5. The van der Waals surface area contributed by atoms with Crippen molar-refractivity contribution in [1.29, 1.82) is 0 Å². The van der Waals surface area contributed by atoms with Gasteiger partial charge < -0.3 is 19.5 Å². The molecule has 4 rings (SSSR count). The number of carbonyl (C=O) groups excluding carboxylic acids is 1. The van der Waals surface area contributed by atoms with Crippen LogP contribution in [0.25, 0.3) is 10.9 Å². The number of anilines is 2. The first-order chi connectivity index (χ1) is 17.9. The van der Waals surface area contributed by atoms with Crippen LogP contribution in [0.5, 0.6) is 17.4 Å². The molecule has 0 aliphatic carbocycles. The van der Waals surface area contributed by atoms with Gasteiger partial charge in [-0.25, -0.2) is 9.97 Å². The zero-order valence-electron chi connectivity index (χ0n) is 20.7. The molecule has 12 nitrogen and oxygen atoms in total. The number of fused-ring (bicyclic) bond motifs is 1. The van der Waals surface area contributed by atoms with Gasteiger partial charge in [-0.05, 0) is 32.9 Å². The maximum Gasteiger partial charge on any atom is 0.328 e. The number of nitrogens with one attached hydrogen (secondary N) is 1. The number of nitrogens with zero attached hydrogens (tertiary/aromatic N) is 5. The van der Waals surface area contributed by atoms with Crippen LogP contribution in [-0.4, -0.2) is 43.4 Å². The molecule has 4 aromatic rings. The summed E-state index contributed by atoms with van der Waals surface area (Å²) in [5.41, 5.74) is -0.124. The lowest BCUT2D eigenvalue weighted by molar-refractivity contribution is -0.385. The molecule has 0 bridgehead atoms. The Morgan fingerprint density at radius 3 is 2.66 bits per heavy atom. The fourth-order valence-electron chi connectivity index (χ4n) is 3.41.